The number of rotatable bonds is 6. The van der Waals surface area contributed by atoms with Gasteiger partial charge in [0, 0.05) is 18.3 Å². The first kappa shape index (κ1) is 15.0. The van der Waals surface area contributed by atoms with E-state index in [1.807, 2.05) is 20.2 Å². The Hall–Kier alpha value is -1.40. The van der Waals surface area contributed by atoms with Crippen molar-refractivity contribution in [3.8, 4) is 0 Å². The number of nitrogens with one attached hydrogen (secondary N) is 1. The van der Waals surface area contributed by atoms with Gasteiger partial charge in [0.15, 0.2) is 0 Å². The molecule has 0 aliphatic rings. The zero-order chi connectivity index (χ0) is 14.5. The van der Waals surface area contributed by atoms with Crippen molar-refractivity contribution in [2.75, 3.05) is 7.05 Å². The van der Waals surface area contributed by atoms with Gasteiger partial charge in [-0.3, -0.25) is 0 Å². The van der Waals surface area contributed by atoms with Gasteiger partial charge in [0.25, 0.3) is 0 Å². The molecule has 108 valence electrons. The van der Waals surface area contributed by atoms with Crippen molar-refractivity contribution < 1.29 is 0 Å². The average Bonchev–Trinajstić information content (AvgIpc) is 2.85. The summed E-state index contributed by atoms with van der Waals surface area (Å²) in [6.45, 7) is 4.46. The molecule has 0 saturated carbocycles. The van der Waals surface area contributed by atoms with E-state index in [-0.39, 0.29) is 6.04 Å². The third-order valence-electron chi connectivity index (χ3n) is 3.28. The molecular weight excluding hydrogens is 270 g/mol. The average molecular weight is 291 g/mol. The molecule has 1 N–H and O–H groups in total. The van der Waals surface area contributed by atoms with Crippen molar-refractivity contribution in [1.82, 2.24) is 25.5 Å². The highest BCUT2D eigenvalue weighted by Gasteiger charge is 2.27. The van der Waals surface area contributed by atoms with Crippen molar-refractivity contribution >= 4 is 11.8 Å². The molecule has 0 fully saturated rings. The van der Waals surface area contributed by atoms with Crippen LogP contribution in [0.1, 0.15) is 25.5 Å². The van der Waals surface area contributed by atoms with Gasteiger partial charge in [0.2, 0.25) is 5.16 Å². The molecule has 0 radical (unpaired) electrons. The summed E-state index contributed by atoms with van der Waals surface area (Å²) in [6, 6.07) is 10.8. The molecule has 0 amide bonds. The van der Waals surface area contributed by atoms with Crippen molar-refractivity contribution in [3.05, 3.63) is 35.9 Å². The molecule has 2 rings (SSSR count). The van der Waals surface area contributed by atoms with Gasteiger partial charge in [-0.2, -0.15) is 0 Å². The van der Waals surface area contributed by atoms with Crippen molar-refractivity contribution in [3.63, 3.8) is 0 Å². The summed E-state index contributed by atoms with van der Waals surface area (Å²) in [5, 5.41) is 16.3. The first-order chi connectivity index (χ1) is 9.63. The third-order valence-corrected chi connectivity index (χ3v) is 4.92. The summed E-state index contributed by atoms with van der Waals surface area (Å²) < 4.78 is 1.72. The van der Waals surface area contributed by atoms with Crippen LogP contribution >= 0.6 is 11.8 Å². The second-order valence-electron chi connectivity index (χ2n) is 5.09. The molecule has 0 aliphatic heterocycles. The SMILES string of the molecule is CNC(c1ccccc1)C(Sc1nnnn1C)C(C)C. The Kier molecular flexibility index (Phi) is 5.14. The number of hydrogen-bond donors (Lipinski definition) is 1. The molecule has 6 heteroatoms. The fourth-order valence-corrected chi connectivity index (χ4v) is 3.43. The molecule has 0 spiro atoms. The molecular formula is C14H21N5S. The number of nitrogens with zero attached hydrogens (tertiary/aromatic N) is 4. The highest BCUT2D eigenvalue weighted by atomic mass is 32.2. The minimum absolute atomic E-state index is 0.262. The maximum Gasteiger partial charge on any atom is 0.209 e. The fraction of sp³-hybridized carbons (Fsp3) is 0.500. The number of hydrogen-bond acceptors (Lipinski definition) is 5. The summed E-state index contributed by atoms with van der Waals surface area (Å²) >= 11 is 1.72. The molecule has 2 unspecified atom stereocenters. The van der Waals surface area contributed by atoms with Crippen LogP contribution in [0.3, 0.4) is 0 Å². The lowest BCUT2D eigenvalue weighted by atomic mass is 9.96. The number of benzene rings is 1. The molecule has 0 aliphatic carbocycles. The van der Waals surface area contributed by atoms with Crippen molar-refractivity contribution in [2.24, 2.45) is 13.0 Å². The van der Waals surface area contributed by atoms with Crippen LogP contribution in [-0.4, -0.2) is 32.5 Å². The van der Waals surface area contributed by atoms with Crippen LogP contribution in [0, 0.1) is 5.92 Å². The molecule has 0 saturated heterocycles. The predicted molar refractivity (Wildman–Crippen MR) is 81.5 cm³/mol. The molecule has 5 nitrogen and oxygen atoms in total. The molecule has 1 heterocycles. The minimum atomic E-state index is 0.262. The van der Waals surface area contributed by atoms with Gasteiger partial charge in [-0.25, -0.2) is 4.68 Å². The number of aromatic nitrogens is 4. The van der Waals surface area contributed by atoms with Crippen LogP contribution in [-0.2, 0) is 7.05 Å². The predicted octanol–water partition coefficient (Wildman–Crippen LogP) is 2.29. The molecule has 1 aromatic heterocycles. The lowest BCUT2D eigenvalue weighted by Gasteiger charge is -2.29. The molecule has 1 aromatic carbocycles. The van der Waals surface area contributed by atoms with Crippen molar-refractivity contribution in [2.45, 2.75) is 30.3 Å². The summed E-state index contributed by atoms with van der Waals surface area (Å²) in [5.41, 5.74) is 1.29. The van der Waals surface area contributed by atoms with E-state index in [1.54, 1.807) is 16.4 Å². The summed E-state index contributed by atoms with van der Waals surface area (Å²) in [6.07, 6.45) is 0. The largest absolute Gasteiger partial charge is 0.312 e. The standard InChI is InChI=1S/C14H21N5S/c1-10(2)13(20-14-16-17-18-19(14)4)12(15-3)11-8-6-5-7-9-11/h5-10,12-13,15H,1-4H3. The van der Waals surface area contributed by atoms with E-state index in [9.17, 15) is 0 Å². The third kappa shape index (κ3) is 3.37. The first-order valence-electron chi connectivity index (χ1n) is 6.74. The monoisotopic (exact) mass is 291 g/mol. The van der Waals surface area contributed by atoms with Crippen LogP contribution in [0.15, 0.2) is 35.5 Å². The quantitative estimate of drug-likeness (QED) is 0.828. The lowest BCUT2D eigenvalue weighted by Crippen LogP contribution is -2.31. The smallest absolute Gasteiger partial charge is 0.209 e. The van der Waals surface area contributed by atoms with Crippen LogP contribution < -0.4 is 5.32 Å². The molecule has 2 atom stereocenters. The molecule has 0 bridgehead atoms. The van der Waals surface area contributed by atoms with Gasteiger partial charge in [-0.05, 0) is 29.0 Å². The minimum Gasteiger partial charge on any atom is -0.312 e. The Balaban J connectivity index is 2.25. The number of tetrazole rings is 1. The van der Waals surface area contributed by atoms with Crippen LogP contribution in [0.5, 0.6) is 0 Å². The van der Waals surface area contributed by atoms with Crippen LogP contribution in [0.2, 0.25) is 0 Å². The molecule has 20 heavy (non-hydrogen) atoms. The maximum atomic E-state index is 4.09. The van der Waals surface area contributed by atoms with E-state index >= 15 is 0 Å². The molecule has 2 aromatic rings. The second-order valence-corrected chi connectivity index (χ2v) is 6.23. The Morgan fingerprint density at radius 1 is 1.20 bits per heavy atom. The van der Waals surface area contributed by atoms with Gasteiger partial charge >= 0.3 is 0 Å². The number of thioether (sulfide) groups is 1. The highest BCUT2D eigenvalue weighted by molar-refractivity contribution is 7.99. The van der Waals surface area contributed by atoms with Crippen molar-refractivity contribution in [1.29, 1.82) is 0 Å². The first-order valence-corrected chi connectivity index (χ1v) is 7.62. The van der Waals surface area contributed by atoms with E-state index in [2.05, 4.69) is 59.0 Å². The van der Waals surface area contributed by atoms with Gasteiger partial charge in [0.1, 0.15) is 0 Å². The zero-order valence-electron chi connectivity index (χ0n) is 12.3. The topological polar surface area (TPSA) is 55.6 Å². The Labute approximate surface area is 124 Å². The highest BCUT2D eigenvalue weighted by Crippen LogP contribution is 2.35. The Morgan fingerprint density at radius 2 is 1.90 bits per heavy atom. The second kappa shape index (κ2) is 6.85. The summed E-state index contributed by atoms with van der Waals surface area (Å²) in [5.74, 6) is 0.495. The maximum absolute atomic E-state index is 4.09. The van der Waals surface area contributed by atoms with Gasteiger partial charge < -0.3 is 5.32 Å². The lowest BCUT2D eigenvalue weighted by molar-refractivity contribution is 0.470. The van der Waals surface area contributed by atoms with Gasteiger partial charge in [-0.1, -0.05) is 55.9 Å². The summed E-state index contributed by atoms with van der Waals surface area (Å²) in [4.78, 5) is 0. The van der Waals surface area contributed by atoms with Crippen LogP contribution in [0.4, 0.5) is 0 Å². The zero-order valence-corrected chi connectivity index (χ0v) is 13.1. The Bertz CT molecular complexity index is 525. The van der Waals surface area contributed by atoms with E-state index in [0.717, 1.165) is 5.16 Å². The van der Waals surface area contributed by atoms with Gasteiger partial charge in [0.05, 0.1) is 0 Å². The van der Waals surface area contributed by atoms with E-state index in [0.29, 0.717) is 11.2 Å². The van der Waals surface area contributed by atoms with E-state index in [4.69, 9.17) is 0 Å². The number of aryl methyl sites for hydroxylation is 1. The summed E-state index contributed by atoms with van der Waals surface area (Å²) in [7, 11) is 3.87. The van der Waals surface area contributed by atoms with E-state index in [1.165, 1.54) is 5.56 Å². The van der Waals surface area contributed by atoms with Crippen LogP contribution in [0.25, 0.3) is 0 Å². The van der Waals surface area contributed by atoms with E-state index < -0.39 is 0 Å². The fourth-order valence-electron chi connectivity index (χ4n) is 2.21. The Morgan fingerprint density at radius 3 is 2.40 bits per heavy atom. The normalized spacial score (nSPS) is 14.4. The van der Waals surface area contributed by atoms with Gasteiger partial charge in [-0.15, -0.1) is 5.10 Å².